The monoisotopic (exact) mass is 599 g/mol. The molecule has 42 heavy (non-hydrogen) atoms. The summed E-state index contributed by atoms with van der Waals surface area (Å²) in [5, 5.41) is 13.0. The van der Waals surface area contributed by atoms with E-state index in [4.69, 9.17) is 32.9 Å². The van der Waals surface area contributed by atoms with Gasteiger partial charge in [0.2, 0.25) is 0 Å². The van der Waals surface area contributed by atoms with Crippen LogP contribution in [0.1, 0.15) is 34.2 Å². The third-order valence-electron chi connectivity index (χ3n) is 6.65. The van der Waals surface area contributed by atoms with Crippen molar-refractivity contribution in [2.24, 2.45) is 0 Å². The first kappa shape index (κ1) is 28.9. The molecule has 0 unspecified atom stereocenters. The quantitative estimate of drug-likeness (QED) is 0.177. The van der Waals surface area contributed by atoms with E-state index >= 15 is 0 Å². The number of rotatable bonds is 9. The summed E-state index contributed by atoms with van der Waals surface area (Å²) >= 11 is 12.6. The molecule has 9 heteroatoms. The number of hydrogen-bond donors (Lipinski definition) is 2. The van der Waals surface area contributed by atoms with E-state index in [1.54, 1.807) is 31.2 Å². The van der Waals surface area contributed by atoms with E-state index in [0.29, 0.717) is 35.3 Å². The molecule has 5 aromatic rings. The fourth-order valence-corrected chi connectivity index (χ4v) is 5.07. The lowest BCUT2D eigenvalue weighted by molar-refractivity contribution is 0.0696. The van der Waals surface area contributed by atoms with Gasteiger partial charge in [-0.3, -0.25) is 5.32 Å². The molecule has 0 aliphatic carbocycles. The van der Waals surface area contributed by atoms with Crippen LogP contribution < -0.4 is 5.32 Å². The number of nitrogens with one attached hydrogen (secondary N) is 1. The van der Waals surface area contributed by atoms with Crippen molar-refractivity contribution in [1.82, 2.24) is 9.55 Å². The molecule has 0 aliphatic heterocycles. The Hall–Kier alpha value is -4.59. The number of nitrogens with zero attached hydrogens (tertiary/aromatic N) is 2. The Bertz CT molecular complexity index is 1730. The molecule has 1 aromatic heterocycles. The third-order valence-corrected chi connectivity index (χ3v) is 7.20. The summed E-state index contributed by atoms with van der Waals surface area (Å²) in [6.07, 6.45) is 2.02. The first-order valence-electron chi connectivity index (χ1n) is 13.3. The topological polar surface area (TPSA) is 93.5 Å². The highest BCUT2D eigenvalue weighted by Gasteiger charge is 2.15. The van der Waals surface area contributed by atoms with E-state index in [1.165, 1.54) is 0 Å². The molecule has 5 rings (SSSR count). The van der Waals surface area contributed by atoms with Crippen molar-refractivity contribution >= 4 is 41.0 Å². The lowest BCUT2D eigenvalue weighted by atomic mass is 10.0. The molecule has 1 amide bonds. The lowest BCUT2D eigenvalue weighted by Crippen LogP contribution is -2.13. The van der Waals surface area contributed by atoms with E-state index in [2.05, 4.69) is 22.0 Å². The Kier molecular flexibility index (Phi) is 8.91. The first-order valence-corrected chi connectivity index (χ1v) is 14.0. The second kappa shape index (κ2) is 12.9. The number of carbonyl (C=O) groups excluding carboxylic acids is 1. The standard InChI is InChI=1S/C33H27Cl2N3O4/c1-2-42-33(41)36-27-5-3-4-25(17-27)23-10-6-21(7-11-23)16-31-37-30(28-15-14-26(34)18-29(28)35)20-38(31)19-22-8-12-24(13-9-22)32(39)40/h3-15,17-18,20H,2,16,19H2,1H3,(H,36,41)(H,39,40). The molecule has 0 aliphatic rings. The number of hydrogen-bond acceptors (Lipinski definition) is 4. The van der Waals surface area contributed by atoms with Crippen LogP contribution in [0, 0.1) is 0 Å². The first-order chi connectivity index (χ1) is 20.3. The maximum Gasteiger partial charge on any atom is 0.411 e. The molecule has 4 aromatic carbocycles. The van der Waals surface area contributed by atoms with Gasteiger partial charge >= 0.3 is 12.1 Å². The summed E-state index contributed by atoms with van der Waals surface area (Å²) in [5.74, 6) is -0.137. The lowest BCUT2D eigenvalue weighted by Gasteiger charge is -2.10. The van der Waals surface area contributed by atoms with Crippen molar-refractivity contribution in [2.45, 2.75) is 19.9 Å². The van der Waals surface area contributed by atoms with Gasteiger partial charge in [0.15, 0.2) is 0 Å². The predicted molar refractivity (Wildman–Crippen MR) is 166 cm³/mol. The fourth-order valence-electron chi connectivity index (χ4n) is 4.57. The van der Waals surface area contributed by atoms with Crippen LogP contribution in [0.3, 0.4) is 0 Å². The molecular formula is C33H27Cl2N3O4. The summed E-state index contributed by atoms with van der Waals surface area (Å²) in [6, 6.07) is 27.9. The molecule has 1 heterocycles. The molecule has 2 N–H and O–H groups in total. The van der Waals surface area contributed by atoms with Crippen molar-refractivity contribution in [3.63, 3.8) is 0 Å². The molecule has 0 spiro atoms. The van der Waals surface area contributed by atoms with Crippen molar-refractivity contribution in [3.05, 3.63) is 130 Å². The van der Waals surface area contributed by atoms with Gasteiger partial charge in [0.25, 0.3) is 0 Å². The van der Waals surface area contributed by atoms with Crippen molar-refractivity contribution in [1.29, 1.82) is 0 Å². The minimum Gasteiger partial charge on any atom is -0.478 e. The van der Waals surface area contributed by atoms with Gasteiger partial charge in [-0.1, -0.05) is 71.7 Å². The van der Waals surface area contributed by atoms with Crippen LogP contribution in [0.2, 0.25) is 10.0 Å². The third kappa shape index (κ3) is 7.00. The van der Waals surface area contributed by atoms with Gasteiger partial charge in [0.05, 0.1) is 22.9 Å². The Balaban J connectivity index is 1.41. The van der Waals surface area contributed by atoms with Gasteiger partial charge in [0.1, 0.15) is 5.82 Å². The molecule has 7 nitrogen and oxygen atoms in total. The average molecular weight is 601 g/mol. The van der Waals surface area contributed by atoms with E-state index in [-0.39, 0.29) is 5.56 Å². The van der Waals surface area contributed by atoms with Crippen LogP contribution in [0.15, 0.2) is 97.2 Å². The van der Waals surface area contributed by atoms with Gasteiger partial charge in [-0.05, 0) is 71.6 Å². The molecule has 0 saturated carbocycles. The Morgan fingerprint density at radius 1 is 0.905 bits per heavy atom. The number of carboxylic acid groups (broad SMARTS) is 1. The second-order valence-corrected chi connectivity index (χ2v) is 10.4. The summed E-state index contributed by atoms with van der Waals surface area (Å²) in [5.41, 5.74) is 6.34. The minimum atomic E-state index is -0.963. The van der Waals surface area contributed by atoms with Gasteiger partial charge in [-0.15, -0.1) is 0 Å². The minimum absolute atomic E-state index is 0.237. The van der Waals surface area contributed by atoms with Gasteiger partial charge in [-0.25, -0.2) is 14.6 Å². The number of carbonyl (C=O) groups is 2. The van der Waals surface area contributed by atoms with E-state index in [1.807, 2.05) is 60.8 Å². The summed E-state index contributed by atoms with van der Waals surface area (Å²) < 4.78 is 7.02. The molecule has 0 radical (unpaired) electrons. The van der Waals surface area contributed by atoms with Crippen LogP contribution in [-0.2, 0) is 17.7 Å². The predicted octanol–water partition coefficient (Wildman–Crippen LogP) is 8.43. The number of imidazole rings is 1. The van der Waals surface area contributed by atoms with Crippen LogP contribution in [0.25, 0.3) is 22.4 Å². The normalized spacial score (nSPS) is 10.8. The highest BCUT2D eigenvalue weighted by molar-refractivity contribution is 6.36. The molecule has 0 atom stereocenters. The zero-order valence-corrected chi connectivity index (χ0v) is 24.2. The van der Waals surface area contributed by atoms with E-state index < -0.39 is 12.1 Å². The number of anilines is 1. The average Bonchev–Trinajstić information content (AvgIpc) is 3.35. The highest BCUT2D eigenvalue weighted by Crippen LogP contribution is 2.31. The van der Waals surface area contributed by atoms with E-state index in [9.17, 15) is 14.7 Å². The van der Waals surface area contributed by atoms with Crippen molar-refractivity contribution < 1.29 is 19.4 Å². The summed E-state index contributed by atoms with van der Waals surface area (Å²) in [6.45, 7) is 2.57. The highest BCUT2D eigenvalue weighted by atomic mass is 35.5. The van der Waals surface area contributed by atoms with Crippen LogP contribution in [-0.4, -0.2) is 33.3 Å². The number of carboxylic acids is 1. The number of amides is 1. The van der Waals surface area contributed by atoms with Crippen LogP contribution in [0.4, 0.5) is 10.5 Å². The SMILES string of the molecule is CCOC(=O)Nc1cccc(-c2ccc(Cc3nc(-c4ccc(Cl)cc4Cl)cn3Cc3ccc(C(=O)O)cc3)cc2)c1. The smallest absolute Gasteiger partial charge is 0.411 e. The number of benzene rings is 4. The largest absolute Gasteiger partial charge is 0.478 e. The van der Waals surface area contributed by atoms with Crippen LogP contribution >= 0.6 is 23.2 Å². The Morgan fingerprint density at radius 3 is 2.33 bits per heavy atom. The maximum atomic E-state index is 11.8. The summed E-state index contributed by atoms with van der Waals surface area (Å²) in [4.78, 5) is 28.0. The second-order valence-electron chi connectivity index (χ2n) is 9.60. The molecule has 0 saturated heterocycles. The number of halogens is 2. The summed E-state index contributed by atoms with van der Waals surface area (Å²) in [7, 11) is 0. The number of ether oxygens (including phenoxy) is 1. The Morgan fingerprint density at radius 2 is 1.64 bits per heavy atom. The maximum absolute atomic E-state index is 11.8. The zero-order valence-electron chi connectivity index (χ0n) is 22.7. The molecule has 212 valence electrons. The van der Waals surface area contributed by atoms with E-state index in [0.717, 1.165) is 39.3 Å². The van der Waals surface area contributed by atoms with Crippen molar-refractivity contribution in [2.75, 3.05) is 11.9 Å². The van der Waals surface area contributed by atoms with Gasteiger partial charge < -0.3 is 14.4 Å². The molecule has 0 bridgehead atoms. The molecular weight excluding hydrogens is 573 g/mol. The Labute approximate surface area is 253 Å². The van der Waals surface area contributed by atoms with Gasteiger partial charge in [-0.2, -0.15) is 0 Å². The molecule has 0 fully saturated rings. The zero-order chi connectivity index (χ0) is 29.6. The number of aromatic carboxylic acids is 1. The van der Waals surface area contributed by atoms with Crippen molar-refractivity contribution in [3.8, 4) is 22.4 Å². The van der Waals surface area contributed by atoms with Crippen LogP contribution in [0.5, 0.6) is 0 Å². The van der Waals surface area contributed by atoms with Gasteiger partial charge in [0, 0.05) is 35.4 Å². The number of aromatic nitrogens is 2. The fraction of sp³-hybridized carbons (Fsp3) is 0.121.